The third-order valence-electron chi connectivity index (χ3n) is 3.10. The van der Waals surface area contributed by atoms with Gasteiger partial charge in [-0.05, 0) is 26.3 Å². The molecule has 1 aromatic rings. The first-order valence-corrected chi connectivity index (χ1v) is 7.62. The van der Waals surface area contributed by atoms with Gasteiger partial charge < -0.3 is 14.2 Å². The molecule has 0 unspecified atom stereocenters. The zero-order valence-corrected chi connectivity index (χ0v) is 13.8. The average molecular weight is 321 g/mol. The fourth-order valence-electron chi connectivity index (χ4n) is 2.20. The van der Waals surface area contributed by atoms with Gasteiger partial charge in [0.1, 0.15) is 18.2 Å². The number of benzene rings is 1. The van der Waals surface area contributed by atoms with Crippen molar-refractivity contribution in [1.82, 2.24) is 4.90 Å². The van der Waals surface area contributed by atoms with Gasteiger partial charge in [0, 0.05) is 0 Å². The molecule has 126 valence electrons. The van der Waals surface area contributed by atoms with Crippen LogP contribution in [-0.2, 0) is 25.6 Å². The van der Waals surface area contributed by atoms with Crippen LogP contribution in [0.15, 0.2) is 30.3 Å². The molecule has 0 saturated carbocycles. The summed E-state index contributed by atoms with van der Waals surface area (Å²) in [6.45, 7) is 6.33. The predicted molar refractivity (Wildman–Crippen MR) is 83.8 cm³/mol. The van der Waals surface area contributed by atoms with Crippen LogP contribution in [0, 0.1) is 0 Å². The Kier molecular flexibility index (Phi) is 5.60. The first kappa shape index (κ1) is 17.3. The Labute approximate surface area is 136 Å². The van der Waals surface area contributed by atoms with Gasteiger partial charge in [-0.2, -0.15) is 0 Å². The minimum absolute atomic E-state index is 0.106. The van der Waals surface area contributed by atoms with Crippen LogP contribution in [0.2, 0.25) is 0 Å². The van der Waals surface area contributed by atoms with Crippen molar-refractivity contribution >= 4 is 12.1 Å². The highest BCUT2D eigenvalue weighted by Crippen LogP contribution is 2.14. The molecule has 1 heterocycles. The molecule has 23 heavy (non-hydrogen) atoms. The minimum Gasteiger partial charge on any atom is -0.459 e. The quantitative estimate of drug-likeness (QED) is 0.753. The number of carbonyl (C=O) groups is 2. The van der Waals surface area contributed by atoms with Crippen LogP contribution in [0.1, 0.15) is 26.3 Å². The van der Waals surface area contributed by atoms with Crippen LogP contribution < -0.4 is 0 Å². The van der Waals surface area contributed by atoms with Gasteiger partial charge in [0.15, 0.2) is 0 Å². The minimum atomic E-state index is -0.571. The summed E-state index contributed by atoms with van der Waals surface area (Å²) in [6, 6.07) is 9.76. The van der Waals surface area contributed by atoms with E-state index >= 15 is 0 Å². The molecule has 0 N–H and O–H groups in total. The Hall–Kier alpha value is -2.08. The summed E-state index contributed by atoms with van der Waals surface area (Å²) in [5.74, 6) is -0.444. The smallest absolute Gasteiger partial charge is 0.410 e. The second kappa shape index (κ2) is 7.46. The Balaban J connectivity index is 1.73. The van der Waals surface area contributed by atoms with E-state index in [9.17, 15) is 9.59 Å². The molecule has 1 aliphatic rings. The number of nitrogens with zero attached hydrogens (tertiary/aromatic N) is 1. The highest BCUT2D eigenvalue weighted by atomic mass is 16.6. The van der Waals surface area contributed by atoms with Crippen molar-refractivity contribution in [3.8, 4) is 0 Å². The van der Waals surface area contributed by atoms with E-state index in [1.54, 1.807) is 20.8 Å². The van der Waals surface area contributed by atoms with Crippen LogP contribution in [0.25, 0.3) is 0 Å². The van der Waals surface area contributed by atoms with Gasteiger partial charge in [-0.15, -0.1) is 0 Å². The Bertz CT molecular complexity index is 538. The van der Waals surface area contributed by atoms with Crippen molar-refractivity contribution < 1.29 is 23.8 Å². The van der Waals surface area contributed by atoms with Crippen LogP contribution in [0.3, 0.4) is 0 Å². The normalized spacial score (nSPS) is 18.0. The molecule has 0 aromatic heterocycles. The molecule has 1 aliphatic heterocycles. The van der Waals surface area contributed by atoms with E-state index in [0.29, 0.717) is 19.8 Å². The van der Waals surface area contributed by atoms with Crippen molar-refractivity contribution in [1.29, 1.82) is 0 Å². The van der Waals surface area contributed by atoms with Gasteiger partial charge in [-0.3, -0.25) is 9.69 Å². The molecule has 1 atom stereocenters. The molecule has 0 bridgehead atoms. The van der Waals surface area contributed by atoms with Gasteiger partial charge in [0.25, 0.3) is 0 Å². The first-order chi connectivity index (χ1) is 10.8. The number of hydrogen-bond donors (Lipinski definition) is 0. The van der Waals surface area contributed by atoms with Gasteiger partial charge in [-0.25, -0.2) is 4.79 Å². The third kappa shape index (κ3) is 5.90. The fourth-order valence-corrected chi connectivity index (χ4v) is 2.20. The fraction of sp³-hybridized carbons (Fsp3) is 0.529. The lowest BCUT2D eigenvalue weighted by Gasteiger charge is -2.21. The Morgan fingerprint density at radius 1 is 1.30 bits per heavy atom. The maximum absolute atomic E-state index is 11.8. The largest absolute Gasteiger partial charge is 0.459 e. The summed E-state index contributed by atoms with van der Waals surface area (Å²) in [4.78, 5) is 24.9. The number of cyclic esters (lactones) is 1. The van der Waals surface area contributed by atoms with Crippen molar-refractivity contribution in [2.45, 2.75) is 39.1 Å². The molecule has 1 saturated heterocycles. The molecule has 1 aromatic carbocycles. The van der Waals surface area contributed by atoms with Gasteiger partial charge >= 0.3 is 12.1 Å². The van der Waals surface area contributed by atoms with E-state index in [1.807, 2.05) is 30.3 Å². The van der Waals surface area contributed by atoms with Crippen LogP contribution in [0.4, 0.5) is 4.79 Å². The zero-order valence-electron chi connectivity index (χ0n) is 13.8. The zero-order chi connectivity index (χ0) is 16.9. The van der Waals surface area contributed by atoms with E-state index in [0.717, 1.165) is 5.56 Å². The van der Waals surface area contributed by atoms with E-state index in [2.05, 4.69) is 0 Å². The summed E-state index contributed by atoms with van der Waals surface area (Å²) < 4.78 is 16.0. The summed E-state index contributed by atoms with van der Waals surface area (Å²) in [7, 11) is 0. The number of esters is 1. The maximum Gasteiger partial charge on any atom is 0.410 e. The van der Waals surface area contributed by atoms with Crippen molar-refractivity contribution in [3.05, 3.63) is 35.9 Å². The van der Waals surface area contributed by atoms with E-state index in [4.69, 9.17) is 14.2 Å². The molecule has 6 heteroatoms. The number of hydrogen-bond acceptors (Lipinski definition) is 5. The Morgan fingerprint density at radius 3 is 2.65 bits per heavy atom. The van der Waals surface area contributed by atoms with Crippen molar-refractivity contribution in [3.63, 3.8) is 0 Å². The molecule has 0 aliphatic carbocycles. The lowest BCUT2D eigenvalue weighted by molar-refractivity contribution is -0.155. The molecule has 0 radical (unpaired) electrons. The van der Waals surface area contributed by atoms with Crippen molar-refractivity contribution in [2.24, 2.45) is 0 Å². The monoisotopic (exact) mass is 321 g/mol. The standard InChI is InChI=1S/C17H23NO5/c1-17(2,3)23-15(19)10-18-9-14(22-16(18)20)12-21-11-13-7-5-4-6-8-13/h4-8,14H,9-12H2,1-3H3/t14-/m1/s1. The Morgan fingerprint density at radius 2 is 2.00 bits per heavy atom. The summed E-state index contributed by atoms with van der Waals surface area (Å²) in [5, 5.41) is 0. The number of carbonyl (C=O) groups excluding carboxylic acids is 2. The van der Waals surface area contributed by atoms with E-state index < -0.39 is 17.7 Å². The molecule has 0 spiro atoms. The topological polar surface area (TPSA) is 65.1 Å². The van der Waals surface area contributed by atoms with Crippen molar-refractivity contribution in [2.75, 3.05) is 19.7 Å². The summed E-state index contributed by atoms with van der Waals surface area (Å²) >= 11 is 0. The van der Waals surface area contributed by atoms with E-state index in [-0.39, 0.29) is 12.6 Å². The SMILES string of the molecule is CC(C)(C)OC(=O)CN1C[C@H](COCc2ccccc2)OC1=O. The van der Waals surface area contributed by atoms with Gasteiger partial charge in [0.2, 0.25) is 0 Å². The highest BCUT2D eigenvalue weighted by molar-refractivity contribution is 5.79. The lowest BCUT2D eigenvalue weighted by Crippen LogP contribution is -2.36. The summed E-state index contributed by atoms with van der Waals surface area (Å²) in [5.41, 5.74) is 0.487. The van der Waals surface area contributed by atoms with Crippen LogP contribution in [0.5, 0.6) is 0 Å². The second-order valence-corrected chi connectivity index (χ2v) is 6.47. The highest BCUT2D eigenvalue weighted by Gasteiger charge is 2.33. The predicted octanol–water partition coefficient (Wildman–Crippen LogP) is 2.37. The van der Waals surface area contributed by atoms with Crippen LogP contribution in [-0.4, -0.2) is 48.4 Å². The lowest BCUT2D eigenvalue weighted by atomic mass is 10.2. The van der Waals surface area contributed by atoms with E-state index in [1.165, 1.54) is 4.90 Å². The molecule has 6 nitrogen and oxygen atoms in total. The van der Waals surface area contributed by atoms with Gasteiger partial charge in [-0.1, -0.05) is 30.3 Å². The summed E-state index contributed by atoms with van der Waals surface area (Å²) in [6.07, 6.45) is -0.877. The molecule has 2 rings (SSSR count). The van der Waals surface area contributed by atoms with Crippen LogP contribution >= 0.6 is 0 Å². The molecule has 1 amide bonds. The molecular formula is C17H23NO5. The average Bonchev–Trinajstić information content (AvgIpc) is 2.78. The molecular weight excluding hydrogens is 298 g/mol. The van der Waals surface area contributed by atoms with Gasteiger partial charge in [0.05, 0.1) is 19.8 Å². The maximum atomic E-state index is 11.8. The molecule has 1 fully saturated rings. The second-order valence-electron chi connectivity index (χ2n) is 6.47. The third-order valence-corrected chi connectivity index (χ3v) is 3.10. The number of rotatable bonds is 6. The first-order valence-electron chi connectivity index (χ1n) is 7.62. The number of amides is 1. The number of ether oxygens (including phenoxy) is 3.